The molecule has 9 heteroatoms. The van der Waals surface area contributed by atoms with Gasteiger partial charge in [-0.2, -0.15) is 0 Å². The number of thiocarbonyl (C=S) groups is 2. The van der Waals surface area contributed by atoms with E-state index in [-0.39, 0.29) is 19.1 Å². The third-order valence-corrected chi connectivity index (χ3v) is 16.1. The first-order valence-electron chi connectivity index (χ1n) is 14.0. The Bertz CT molecular complexity index is 1350. The maximum atomic E-state index is 16.7. The molecule has 0 radical (unpaired) electrons. The van der Waals surface area contributed by atoms with E-state index in [1.165, 1.54) is 24.3 Å². The number of hydrogen-bond acceptors (Lipinski definition) is 2. The summed E-state index contributed by atoms with van der Waals surface area (Å²) in [7, 11) is 0. The molecule has 0 fully saturated rings. The van der Waals surface area contributed by atoms with Crippen LogP contribution in [0.1, 0.15) is 65.2 Å². The third kappa shape index (κ3) is 6.51. The molecule has 2 aromatic rings. The Hall–Kier alpha value is -2.39. The number of nitrogens with one attached hydrogen (secondary N) is 2. The van der Waals surface area contributed by atoms with Crippen molar-refractivity contribution in [2.75, 3.05) is 10.6 Å². The van der Waals surface area contributed by atoms with Gasteiger partial charge in [-0.05, 0) is 0 Å². The molecule has 0 saturated carbocycles. The molecule has 0 unspecified atom stereocenters. The molecule has 0 atom stereocenters. The van der Waals surface area contributed by atoms with Gasteiger partial charge in [-0.15, -0.1) is 0 Å². The summed E-state index contributed by atoms with van der Waals surface area (Å²) in [5.41, 5.74) is 0.0120. The van der Waals surface area contributed by atoms with Crippen LogP contribution in [0.5, 0.6) is 0 Å². The van der Waals surface area contributed by atoms with Gasteiger partial charge in [0.2, 0.25) is 0 Å². The van der Waals surface area contributed by atoms with Crippen LogP contribution in [0.15, 0.2) is 68.5 Å². The molecule has 2 aliphatic carbocycles. The number of rotatable bonds is 12. The summed E-state index contributed by atoms with van der Waals surface area (Å²) < 4.78 is 66.5. The van der Waals surface area contributed by atoms with E-state index in [1.807, 2.05) is 26.0 Å². The Kier molecular flexibility index (Phi) is 10.9. The molecular formula is C32H34F4N2S2Ti. The zero-order valence-corrected chi connectivity index (χ0v) is 26.5. The third-order valence-electron chi connectivity index (χ3n) is 7.50. The SMILES string of the molecule is CCCCC(=S)Nc1ccc(F)[c]([Ti]([C]2=CC=CC2)([C]2=CC=CC2)[c]2c(F)ccc(NC(=S)CCCC)c2F)c1F. The summed E-state index contributed by atoms with van der Waals surface area (Å²) in [4.78, 5) is 0.850. The van der Waals surface area contributed by atoms with Gasteiger partial charge in [0.25, 0.3) is 0 Å². The van der Waals surface area contributed by atoms with Crippen molar-refractivity contribution < 1.29 is 34.2 Å². The molecule has 2 aromatic carbocycles. The van der Waals surface area contributed by atoms with Gasteiger partial charge in [0.1, 0.15) is 0 Å². The van der Waals surface area contributed by atoms with Crippen molar-refractivity contribution >= 4 is 53.5 Å². The second-order valence-corrected chi connectivity index (χ2v) is 17.2. The Balaban J connectivity index is 2.00. The maximum absolute atomic E-state index is 16.7. The van der Waals surface area contributed by atoms with Crippen molar-refractivity contribution in [3.63, 3.8) is 0 Å². The summed E-state index contributed by atoms with van der Waals surface area (Å²) in [6.45, 7) is 4.05. The number of anilines is 2. The Morgan fingerprint density at radius 1 is 0.707 bits per heavy atom. The molecule has 4 rings (SSSR count). The molecule has 0 aromatic heterocycles. The molecule has 41 heavy (non-hydrogen) atoms. The molecule has 2 nitrogen and oxygen atoms in total. The van der Waals surface area contributed by atoms with Crippen LogP contribution in [0.2, 0.25) is 0 Å². The van der Waals surface area contributed by atoms with Gasteiger partial charge >= 0.3 is 255 Å². The van der Waals surface area contributed by atoms with E-state index in [2.05, 4.69) is 10.6 Å². The molecule has 0 saturated heterocycles. The number of hydrogen-bond donors (Lipinski definition) is 2. The molecule has 0 bridgehead atoms. The van der Waals surface area contributed by atoms with Gasteiger partial charge in [0.05, 0.1) is 0 Å². The van der Waals surface area contributed by atoms with E-state index >= 15 is 17.6 Å². The first kappa shape index (κ1) is 31.5. The Morgan fingerprint density at radius 3 is 1.46 bits per heavy atom. The first-order chi connectivity index (χ1) is 19.7. The Labute approximate surface area is 254 Å². The monoisotopic (exact) mass is 634 g/mol. The average molecular weight is 635 g/mol. The standard InChI is InChI=1S/2C11H12F2NS.2C5H5.Ti/c2*1-2-3-4-11(15)14-10-6-5-8(12)7-9(10)13;2*1-2-4-5-3-1;/h2*5-6H,2-4H2,1H3,(H,14,15);2*1-3H,4H2;. The predicted octanol–water partition coefficient (Wildman–Crippen LogP) is 8.89. The molecule has 0 aliphatic heterocycles. The average Bonchev–Trinajstić information content (AvgIpc) is 3.69. The number of halogens is 4. The van der Waals surface area contributed by atoms with Crippen LogP contribution in [-0.2, 0) is 16.6 Å². The summed E-state index contributed by atoms with van der Waals surface area (Å²) in [6.07, 6.45) is 16.0. The molecular weight excluding hydrogens is 600 g/mol. The topological polar surface area (TPSA) is 24.1 Å². The zero-order valence-electron chi connectivity index (χ0n) is 23.3. The van der Waals surface area contributed by atoms with E-state index in [0.29, 0.717) is 43.4 Å². The number of benzene rings is 2. The van der Waals surface area contributed by atoms with Gasteiger partial charge in [-0.1, -0.05) is 0 Å². The number of unbranched alkanes of at least 4 members (excludes halogenated alkanes) is 2. The molecule has 0 amide bonds. The van der Waals surface area contributed by atoms with Crippen LogP contribution >= 0.6 is 24.4 Å². The van der Waals surface area contributed by atoms with E-state index in [0.717, 1.165) is 25.7 Å². The second kappa shape index (κ2) is 14.2. The minimum atomic E-state index is -4.92. The van der Waals surface area contributed by atoms with Crippen LogP contribution in [0.3, 0.4) is 0 Å². The van der Waals surface area contributed by atoms with Gasteiger partial charge in [-0.3, -0.25) is 0 Å². The van der Waals surface area contributed by atoms with Crippen molar-refractivity contribution in [2.24, 2.45) is 0 Å². The van der Waals surface area contributed by atoms with Crippen molar-refractivity contribution in [3.05, 3.63) is 91.7 Å². The van der Waals surface area contributed by atoms with Crippen LogP contribution in [0, 0.1) is 23.3 Å². The van der Waals surface area contributed by atoms with Crippen LogP contribution in [0.25, 0.3) is 0 Å². The fraction of sp³-hybridized carbons (Fsp3) is 0.312. The summed E-state index contributed by atoms with van der Waals surface area (Å²) >= 11 is 5.93. The summed E-state index contributed by atoms with van der Waals surface area (Å²) in [5.74, 6) is -3.38. The van der Waals surface area contributed by atoms with Crippen molar-refractivity contribution in [1.82, 2.24) is 0 Å². The Morgan fingerprint density at radius 2 is 1.12 bits per heavy atom. The fourth-order valence-corrected chi connectivity index (χ4v) is 14.3. The zero-order chi connectivity index (χ0) is 29.6. The second-order valence-electron chi connectivity index (χ2n) is 10.3. The molecule has 2 aliphatic rings. The van der Waals surface area contributed by atoms with Gasteiger partial charge in [0, 0.05) is 0 Å². The van der Waals surface area contributed by atoms with Crippen molar-refractivity contribution in [2.45, 2.75) is 65.2 Å². The molecule has 0 spiro atoms. The first-order valence-corrected chi connectivity index (χ1v) is 18.0. The van der Waals surface area contributed by atoms with Crippen molar-refractivity contribution in [1.29, 1.82) is 0 Å². The van der Waals surface area contributed by atoms with E-state index < -0.39 is 39.9 Å². The van der Waals surface area contributed by atoms with Crippen molar-refractivity contribution in [3.8, 4) is 0 Å². The van der Waals surface area contributed by atoms with E-state index in [4.69, 9.17) is 24.4 Å². The van der Waals surface area contributed by atoms with Crippen LogP contribution < -0.4 is 18.4 Å². The molecule has 216 valence electrons. The van der Waals surface area contributed by atoms with Gasteiger partial charge in [0.15, 0.2) is 0 Å². The van der Waals surface area contributed by atoms with Gasteiger partial charge in [-0.25, -0.2) is 0 Å². The summed E-state index contributed by atoms with van der Waals surface area (Å²) in [6, 6.07) is 4.96. The predicted molar refractivity (Wildman–Crippen MR) is 167 cm³/mol. The molecule has 0 heterocycles. The van der Waals surface area contributed by atoms with Crippen LogP contribution in [0.4, 0.5) is 28.9 Å². The van der Waals surface area contributed by atoms with Crippen LogP contribution in [-0.4, -0.2) is 9.98 Å². The quantitative estimate of drug-likeness (QED) is 0.138. The minimum absolute atomic E-state index is 0.00598. The van der Waals surface area contributed by atoms with Gasteiger partial charge < -0.3 is 0 Å². The normalized spacial score (nSPS) is 14.3. The number of allylic oxidation sites excluding steroid dienone is 8. The van der Waals surface area contributed by atoms with E-state index in [1.54, 1.807) is 24.3 Å². The summed E-state index contributed by atoms with van der Waals surface area (Å²) in [5, 5.41) is 5.87. The van der Waals surface area contributed by atoms with E-state index in [9.17, 15) is 0 Å². The fourth-order valence-electron chi connectivity index (χ4n) is 5.51. The molecule has 2 N–H and O–H groups in total.